The van der Waals surface area contributed by atoms with Gasteiger partial charge in [-0.25, -0.2) is 9.18 Å². The molecule has 1 rings (SSSR count). The maximum Gasteiger partial charge on any atom is 0.342 e. The van der Waals surface area contributed by atoms with Gasteiger partial charge in [-0.05, 0) is 22.9 Å². The first-order valence-corrected chi connectivity index (χ1v) is 4.94. The number of alkyl halides is 1. The van der Waals surface area contributed by atoms with Crippen molar-refractivity contribution in [2.75, 3.05) is 13.3 Å². The zero-order valence-electron chi connectivity index (χ0n) is 7.67. The molecule has 0 unspecified atom stereocenters. The van der Waals surface area contributed by atoms with Gasteiger partial charge in [0.2, 0.25) is 0 Å². The van der Waals surface area contributed by atoms with E-state index >= 15 is 0 Å². The molecule has 0 saturated carbocycles. The fraction of sp³-hybridized carbons (Fsp3) is 0.500. The number of halogens is 2. The molecule has 0 saturated heterocycles. The molecule has 1 heterocycles. The lowest BCUT2D eigenvalue weighted by Gasteiger charge is -2.00. The highest BCUT2D eigenvalue weighted by Crippen LogP contribution is 2.17. The summed E-state index contributed by atoms with van der Waals surface area (Å²) in [5.41, 5.74) is 0.320. The quantitative estimate of drug-likeness (QED) is 0.779. The molecular formula is C8H10BrFN2O2. The van der Waals surface area contributed by atoms with E-state index in [0.717, 1.165) is 0 Å². The van der Waals surface area contributed by atoms with Crippen LogP contribution >= 0.6 is 15.9 Å². The normalized spacial score (nSPS) is 10.2. The van der Waals surface area contributed by atoms with E-state index < -0.39 is 12.6 Å². The standard InChI is InChI=1S/C8H10BrFN2O2/c1-2-14-8(13)6-5-11-12(4-3-10)7(6)9/h5H,2-4H2,1H3. The number of carbonyl (C=O) groups excluding carboxylic acids is 1. The molecule has 14 heavy (non-hydrogen) atoms. The summed E-state index contributed by atoms with van der Waals surface area (Å²) in [6, 6.07) is 0. The summed E-state index contributed by atoms with van der Waals surface area (Å²) in [5, 5.41) is 3.84. The zero-order chi connectivity index (χ0) is 10.6. The second kappa shape index (κ2) is 5.09. The highest BCUT2D eigenvalue weighted by Gasteiger charge is 2.15. The van der Waals surface area contributed by atoms with E-state index in [-0.39, 0.29) is 6.54 Å². The average Bonchev–Trinajstić information content (AvgIpc) is 2.49. The number of carbonyl (C=O) groups is 1. The van der Waals surface area contributed by atoms with Crippen molar-refractivity contribution in [3.8, 4) is 0 Å². The minimum atomic E-state index is -0.525. The number of rotatable bonds is 4. The molecule has 0 aliphatic carbocycles. The second-order valence-corrected chi connectivity index (χ2v) is 3.23. The molecule has 4 nitrogen and oxygen atoms in total. The van der Waals surface area contributed by atoms with Crippen LogP contribution in [-0.2, 0) is 11.3 Å². The number of aryl methyl sites for hydroxylation is 1. The minimum absolute atomic E-state index is 0.125. The molecule has 0 spiro atoms. The zero-order valence-corrected chi connectivity index (χ0v) is 9.25. The molecule has 78 valence electrons. The number of ether oxygens (including phenoxy) is 1. The summed E-state index contributed by atoms with van der Waals surface area (Å²) in [6.45, 7) is 1.62. The van der Waals surface area contributed by atoms with Crippen LogP contribution in [0.5, 0.6) is 0 Å². The van der Waals surface area contributed by atoms with Gasteiger partial charge in [0, 0.05) is 0 Å². The van der Waals surface area contributed by atoms with Gasteiger partial charge >= 0.3 is 5.97 Å². The maximum absolute atomic E-state index is 12.0. The number of esters is 1. The van der Waals surface area contributed by atoms with Crippen molar-refractivity contribution in [3.05, 3.63) is 16.4 Å². The van der Waals surface area contributed by atoms with Gasteiger partial charge in [-0.3, -0.25) is 4.68 Å². The maximum atomic E-state index is 12.0. The Bertz CT molecular complexity index is 327. The lowest BCUT2D eigenvalue weighted by molar-refractivity contribution is 0.0525. The van der Waals surface area contributed by atoms with Crippen molar-refractivity contribution in [1.29, 1.82) is 0 Å². The fourth-order valence-corrected chi connectivity index (χ4v) is 1.49. The molecule has 1 aromatic heterocycles. The molecule has 0 aliphatic heterocycles. The molecule has 6 heteroatoms. The Morgan fingerprint density at radius 3 is 3.07 bits per heavy atom. The monoisotopic (exact) mass is 264 g/mol. The lowest BCUT2D eigenvalue weighted by Crippen LogP contribution is -2.06. The molecule has 0 bridgehead atoms. The van der Waals surface area contributed by atoms with Crippen molar-refractivity contribution in [2.24, 2.45) is 0 Å². The molecule has 0 amide bonds. The van der Waals surface area contributed by atoms with Gasteiger partial charge in [-0.2, -0.15) is 5.10 Å². The molecule has 0 atom stereocenters. The Labute approximate surface area is 89.2 Å². The van der Waals surface area contributed by atoms with Crippen molar-refractivity contribution in [3.63, 3.8) is 0 Å². The predicted molar refractivity (Wildman–Crippen MR) is 51.9 cm³/mol. The van der Waals surface area contributed by atoms with E-state index in [2.05, 4.69) is 21.0 Å². The van der Waals surface area contributed by atoms with Crippen LogP contribution in [0.3, 0.4) is 0 Å². The Kier molecular flexibility index (Phi) is 4.06. The molecule has 0 aliphatic rings. The first kappa shape index (κ1) is 11.2. The van der Waals surface area contributed by atoms with Gasteiger partial charge < -0.3 is 4.74 Å². The Hall–Kier alpha value is -0.910. The SMILES string of the molecule is CCOC(=O)c1cnn(CCF)c1Br. The molecule has 0 N–H and O–H groups in total. The first-order chi connectivity index (χ1) is 6.70. The molecule has 0 fully saturated rings. The van der Waals surface area contributed by atoms with Crippen LogP contribution in [-0.4, -0.2) is 29.0 Å². The van der Waals surface area contributed by atoms with Gasteiger partial charge in [-0.15, -0.1) is 0 Å². The highest BCUT2D eigenvalue weighted by molar-refractivity contribution is 9.10. The van der Waals surface area contributed by atoms with Crippen LogP contribution in [0, 0.1) is 0 Å². The highest BCUT2D eigenvalue weighted by atomic mass is 79.9. The van der Waals surface area contributed by atoms with Crippen LogP contribution in [0.4, 0.5) is 4.39 Å². The van der Waals surface area contributed by atoms with E-state index in [4.69, 9.17) is 4.74 Å². The lowest BCUT2D eigenvalue weighted by atomic mass is 10.4. The number of hydrogen-bond donors (Lipinski definition) is 0. The first-order valence-electron chi connectivity index (χ1n) is 4.15. The van der Waals surface area contributed by atoms with Crippen LogP contribution in [0.25, 0.3) is 0 Å². The van der Waals surface area contributed by atoms with Crippen molar-refractivity contribution in [1.82, 2.24) is 9.78 Å². The summed E-state index contributed by atoms with van der Waals surface area (Å²) < 4.78 is 18.6. The van der Waals surface area contributed by atoms with Gasteiger partial charge in [0.1, 0.15) is 16.8 Å². The summed E-state index contributed by atoms with van der Waals surface area (Å²) in [5.74, 6) is -0.454. The third kappa shape index (κ3) is 2.31. The molecular weight excluding hydrogens is 255 g/mol. The largest absolute Gasteiger partial charge is 0.462 e. The second-order valence-electron chi connectivity index (χ2n) is 2.48. The van der Waals surface area contributed by atoms with Gasteiger partial charge in [0.25, 0.3) is 0 Å². The van der Waals surface area contributed by atoms with Gasteiger partial charge in [0.15, 0.2) is 0 Å². The van der Waals surface area contributed by atoms with Gasteiger partial charge in [0.05, 0.1) is 19.3 Å². The number of nitrogens with zero attached hydrogens (tertiary/aromatic N) is 2. The van der Waals surface area contributed by atoms with Crippen molar-refractivity contribution < 1.29 is 13.9 Å². The average molecular weight is 265 g/mol. The summed E-state index contributed by atoms with van der Waals surface area (Å²) in [4.78, 5) is 11.3. The van der Waals surface area contributed by atoms with Crippen LogP contribution in [0.2, 0.25) is 0 Å². The van der Waals surface area contributed by atoms with E-state index in [9.17, 15) is 9.18 Å². The third-order valence-electron chi connectivity index (χ3n) is 1.57. The molecule has 1 aromatic rings. The number of hydrogen-bond acceptors (Lipinski definition) is 3. The van der Waals surface area contributed by atoms with E-state index in [1.54, 1.807) is 6.92 Å². The fourth-order valence-electron chi connectivity index (χ4n) is 0.952. The van der Waals surface area contributed by atoms with E-state index in [1.165, 1.54) is 10.9 Å². The van der Waals surface area contributed by atoms with Crippen LogP contribution < -0.4 is 0 Å². The summed E-state index contributed by atoms with van der Waals surface area (Å²) >= 11 is 3.16. The van der Waals surface area contributed by atoms with E-state index in [1.807, 2.05) is 0 Å². The Morgan fingerprint density at radius 2 is 2.50 bits per heavy atom. The van der Waals surface area contributed by atoms with Gasteiger partial charge in [-0.1, -0.05) is 0 Å². The minimum Gasteiger partial charge on any atom is -0.462 e. The van der Waals surface area contributed by atoms with Crippen LogP contribution in [0.15, 0.2) is 10.8 Å². The van der Waals surface area contributed by atoms with Crippen molar-refractivity contribution >= 4 is 21.9 Å². The molecule has 0 aromatic carbocycles. The third-order valence-corrected chi connectivity index (χ3v) is 2.40. The summed E-state index contributed by atoms with van der Waals surface area (Å²) in [7, 11) is 0. The summed E-state index contributed by atoms with van der Waals surface area (Å²) in [6.07, 6.45) is 1.36. The Balaban J connectivity index is 2.83. The smallest absolute Gasteiger partial charge is 0.342 e. The van der Waals surface area contributed by atoms with Crippen LogP contribution in [0.1, 0.15) is 17.3 Å². The van der Waals surface area contributed by atoms with Crippen molar-refractivity contribution in [2.45, 2.75) is 13.5 Å². The Morgan fingerprint density at radius 1 is 1.79 bits per heavy atom. The topological polar surface area (TPSA) is 44.1 Å². The van der Waals surface area contributed by atoms with E-state index in [0.29, 0.717) is 16.8 Å². The predicted octanol–water partition coefficient (Wildman–Crippen LogP) is 1.79. The molecule has 0 radical (unpaired) electrons. The number of aromatic nitrogens is 2.